The third-order valence-corrected chi connectivity index (χ3v) is 3.69. The Kier molecular flexibility index (Phi) is 3.24. The molecule has 0 atom stereocenters. The summed E-state index contributed by atoms with van der Waals surface area (Å²) < 4.78 is 4.17. The summed E-state index contributed by atoms with van der Waals surface area (Å²) in [6.45, 7) is 0. The summed E-state index contributed by atoms with van der Waals surface area (Å²) in [6, 6.07) is 18.0. The summed E-state index contributed by atoms with van der Waals surface area (Å²) in [6.07, 6.45) is 0. The molecule has 1 aromatic heterocycles. The van der Waals surface area contributed by atoms with E-state index in [-0.39, 0.29) is 0 Å². The van der Waals surface area contributed by atoms with Crippen LogP contribution in [0.3, 0.4) is 0 Å². The van der Waals surface area contributed by atoms with Crippen molar-refractivity contribution in [2.24, 2.45) is 19.1 Å². The molecule has 0 saturated heterocycles. The highest BCUT2D eigenvalue weighted by Gasteiger charge is 2.18. The smallest absolute Gasteiger partial charge is 0.280 e. The molecule has 0 amide bonds. The molecule has 0 N–H and O–H groups in total. The summed E-state index contributed by atoms with van der Waals surface area (Å²) in [7, 11) is 4.04. The van der Waals surface area contributed by atoms with Crippen molar-refractivity contribution >= 4 is 34.4 Å². The molecule has 0 spiro atoms. The minimum atomic E-state index is 0.595. The molecule has 0 saturated carbocycles. The van der Waals surface area contributed by atoms with Crippen molar-refractivity contribution in [2.75, 3.05) is 0 Å². The van der Waals surface area contributed by atoms with Crippen LogP contribution in [0.5, 0.6) is 0 Å². The molecule has 0 radical (unpaired) electrons. The molecule has 100 valence electrons. The van der Waals surface area contributed by atoms with Crippen molar-refractivity contribution in [3.63, 3.8) is 0 Å². The van der Waals surface area contributed by atoms with Crippen molar-refractivity contribution < 1.29 is 4.57 Å². The SMILES string of the molecule is Cn1c(C([S-])=Nc2ccccc2)[n+](C)c2ccccc21. The van der Waals surface area contributed by atoms with Gasteiger partial charge in [-0.3, -0.25) is 4.99 Å². The van der Waals surface area contributed by atoms with E-state index in [9.17, 15) is 0 Å². The van der Waals surface area contributed by atoms with E-state index < -0.39 is 0 Å². The highest BCUT2D eigenvalue weighted by molar-refractivity contribution is 7.78. The van der Waals surface area contributed by atoms with Crippen LogP contribution in [0.25, 0.3) is 11.0 Å². The Morgan fingerprint density at radius 1 is 1.05 bits per heavy atom. The van der Waals surface area contributed by atoms with Crippen LogP contribution < -0.4 is 4.57 Å². The van der Waals surface area contributed by atoms with Crippen LogP contribution in [0.15, 0.2) is 59.6 Å². The molecule has 0 aliphatic carbocycles. The van der Waals surface area contributed by atoms with Crippen LogP contribution in [0.1, 0.15) is 5.82 Å². The number of nitrogens with zero attached hydrogens (tertiary/aromatic N) is 3. The van der Waals surface area contributed by atoms with E-state index in [2.05, 4.69) is 26.3 Å². The molecule has 0 bridgehead atoms. The second-order valence-corrected chi connectivity index (χ2v) is 5.07. The van der Waals surface area contributed by atoms with Gasteiger partial charge in [-0.15, -0.1) is 0 Å². The van der Waals surface area contributed by atoms with E-state index in [0.717, 1.165) is 22.5 Å². The Balaban J connectivity index is 2.17. The van der Waals surface area contributed by atoms with Gasteiger partial charge in [0.15, 0.2) is 11.0 Å². The molecule has 1 heterocycles. The molecule has 2 aromatic carbocycles. The third kappa shape index (κ3) is 2.08. The number of para-hydroxylation sites is 3. The lowest BCUT2D eigenvalue weighted by Gasteiger charge is -2.08. The summed E-state index contributed by atoms with van der Waals surface area (Å²) in [5.74, 6) is 0.935. The number of hydrogen-bond donors (Lipinski definition) is 0. The Bertz CT molecular complexity index is 749. The lowest BCUT2D eigenvalue weighted by atomic mass is 10.3. The number of aliphatic imine (C=N–C) groups is 1. The maximum Gasteiger partial charge on any atom is 0.280 e. The lowest BCUT2D eigenvalue weighted by Crippen LogP contribution is -2.35. The molecule has 3 aromatic rings. The molecule has 0 aliphatic rings. The van der Waals surface area contributed by atoms with Gasteiger partial charge in [-0.05, 0) is 24.3 Å². The quantitative estimate of drug-likeness (QED) is 0.306. The lowest BCUT2D eigenvalue weighted by molar-refractivity contribution is -0.646. The third-order valence-electron chi connectivity index (χ3n) is 3.42. The van der Waals surface area contributed by atoms with Crippen LogP contribution >= 0.6 is 0 Å². The topological polar surface area (TPSA) is 21.2 Å². The van der Waals surface area contributed by atoms with Gasteiger partial charge in [0.1, 0.15) is 0 Å². The van der Waals surface area contributed by atoms with Crippen molar-refractivity contribution in [2.45, 2.75) is 0 Å². The highest BCUT2D eigenvalue weighted by Crippen LogP contribution is 2.15. The van der Waals surface area contributed by atoms with Gasteiger partial charge in [-0.1, -0.05) is 30.3 Å². The van der Waals surface area contributed by atoms with Crippen LogP contribution in [0, 0.1) is 0 Å². The van der Waals surface area contributed by atoms with Gasteiger partial charge in [-0.25, -0.2) is 9.13 Å². The van der Waals surface area contributed by atoms with Gasteiger partial charge in [0.05, 0.1) is 19.8 Å². The van der Waals surface area contributed by atoms with Crippen LogP contribution in [0.2, 0.25) is 0 Å². The van der Waals surface area contributed by atoms with Crippen molar-refractivity contribution in [1.29, 1.82) is 0 Å². The fourth-order valence-corrected chi connectivity index (χ4v) is 2.82. The molecular weight excluding hydrogens is 266 g/mol. The Hall–Kier alpha value is -2.20. The number of aryl methyl sites for hydroxylation is 2. The first kappa shape index (κ1) is 12.8. The summed E-state index contributed by atoms with van der Waals surface area (Å²) in [5, 5.41) is 0.595. The van der Waals surface area contributed by atoms with E-state index in [1.54, 1.807) is 0 Å². The Labute approximate surface area is 123 Å². The second-order valence-electron chi connectivity index (χ2n) is 4.68. The summed E-state index contributed by atoms with van der Waals surface area (Å²) in [5.41, 5.74) is 3.17. The van der Waals surface area contributed by atoms with Crippen LogP contribution in [0.4, 0.5) is 5.69 Å². The predicted molar refractivity (Wildman–Crippen MR) is 84.1 cm³/mol. The summed E-state index contributed by atoms with van der Waals surface area (Å²) in [4.78, 5) is 4.54. The minimum Gasteiger partial charge on any atom is -0.752 e. The predicted octanol–water partition coefficient (Wildman–Crippen LogP) is 2.63. The van der Waals surface area contributed by atoms with Crippen molar-refractivity contribution in [3.8, 4) is 0 Å². The van der Waals surface area contributed by atoms with Crippen LogP contribution in [-0.4, -0.2) is 9.61 Å². The number of aromatic nitrogens is 2. The molecule has 0 aliphatic heterocycles. The number of rotatable bonds is 2. The maximum absolute atomic E-state index is 5.51. The minimum absolute atomic E-state index is 0.595. The first-order valence-electron chi connectivity index (χ1n) is 6.43. The Morgan fingerprint density at radius 3 is 2.40 bits per heavy atom. The number of hydrogen-bond acceptors (Lipinski definition) is 2. The largest absolute Gasteiger partial charge is 0.752 e. The molecule has 20 heavy (non-hydrogen) atoms. The van der Waals surface area contributed by atoms with E-state index in [1.807, 2.05) is 56.6 Å². The van der Waals surface area contributed by atoms with E-state index >= 15 is 0 Å². The van der Waals surface area contributed by atoms with E-state index in [1.165, 1.54) is 0 Å². The molecule has 4 heteroatoms. The molecular formula is C16H15N3S. The fraction of sp³-hybridized carbons (Fsp3) is 0.125. The van der Waals surface area contributed by atoms with Gasteiger partial charge < -0.3 is 12.6 Å². The summed E-state index contributed by atoms with van der Waals surface area (Å²) >= 11 is 5.51. The zero-order valence-corrected chi connectivity index (χ0v) is 12.3. The zero-order chi connectivity index (χ0) is 14.1. The molecule has 3 nitrogen and oxygen atoms in total. The van der Waals surface area contributed by atoms with E-state index in [0.29, 0.717) is 5.04 Å². The van der Waals surface area contributed by atoms with Gasteiger partial charge in [0.25, 0.3) is 5.82 Å². The average Bonchev–Trinajstić information content (AvgIpc) is 2.72. The number of imidazole rings is 1. The average molecular weight is 281 g/mol. The van der Waals surface area contributed by atoms with E-state index in [4.69, 9.17) is 12.6 Å². The number of fused-ring (bicyclic) bond motifs is 1. The normalized spacial score (nSPS) is 12.0. The Morgan fingerprint density at radius 2 is 1.70 bits per heavy atom. The number of benzene rings is 2. The fourth-order valence-electron chi connectivity index (χ4n) is 2.44. The molecule has 3 rings (SSSR count). The standard InChI is InChI=1S/C16H15N3S/c1-18-13-10-6-7-11-14(13)19(2)16(18)15(20)17-12-8-4-3-5-9-12/h3-11H,1-2H3. The zero-order valence-electron chi connectivity index (χ0n) is 11.4. The monoisotopic (exact) mass is 281 g/mol. The molecule has 0 unspecified atom stereocenters. The molecule has 0 fully saturated rings. The van der Waals surface area contributed by atoms with Gasteiger partial charge in [0, 0.05) is 5.04 Å². The first-order chi connectivity index (χ1) is 9.68. The maximum atomic E-state index is 5.51. The van der Waals surface area contributed by atoms with Gasteiger partial charge in [-0.2, -0.15) is 0 Å². The van der Waals surface area contributed by atoms with Gasteiger partial charge in [0.2, 0.25) is 0 Å². The van der Waals surface area contributed by atoms with Crippen LogP contribution in [-0.2, 0) is 26.7 Å². The van der Waals surface area contributed by atoms with Crippen molar-refractivity contribution in [1.82, 2.24) is 4.57 Å². The second kappa shape index (κ2) is 5.06. The van der Waals surface area contributed by atoms with Gasteiger partial charge >= 0.3 is 0 Å². The van der Waals surface area contributed by atoms with Crippen molar-refractivity contribution in [3.05, 3.63) is 60.4 Å². The first-order valence-corrected chi connectivity index (χ1v) is 6.84. The highest BCUT2D eigenvalue weighted by atomic mass is 32.1.